The van der Waals surface area contributed by atoms with E-state index in [4.69, 9.17) is 23.7 Å². The third-order valence-corrected chi connectivity index (χ3v) is 3.12. The predicted molar refractivity (Wildman–Crippen MR) is 58.8 cm³/mol. The summed E-state index contributed by atoms with van der Waals surface area (Å²) in [5.74, 6) is 0. The van der Waals surface area contributed by atoms with Crippen LogP contribution in [0.2, 0.25) is 0 Å². The summed E-state index contributed by atoms with van der Waals surface area (Å²) in [5, 5.41) is 0. The van der Waals surface area contributed by atoms with Gasteiger partial charge in [-0.1, -0.05) is 0 Å². The second kappa shape index (κ2) is 5.63. The quantitative estimate of drug-likeness (QED) is 0.418. The van der Waals surface area contributed by atoms with Crippen LogP contribution in [0.5, 0.6) is 0 Å². The fraction of sp³-hybridized carbons (Fsp3) is 1.00. The predicted octanol–water partition coefficient (Wildman–Crippen LogP) is 0.712. The number of hydrogen-bond donors (Lipinski definition) is 0. The maximum Gasteiger partial charge on any atom is 0.184 e. The summed E-state index contributed by atoms with van der Waals surface area (Å²) >= 11 is 0. The summed E-state index contributed by atoms with van der Waals surface area (Å²) < 4.78 is 26.5. The van der Waals surface area contributed by atoms with Crippen LogP contribution in [0.25, 0.3) is 0 Å². The topological polar surface area (TPSA) is 56.0 Å². The van der Waals surface area contributed by atoms with Gasteiger partial charge in [-0.05, 0) is 19.3 Å². The van der Waals surface area contributed by atoms with Crippen molar-refractivity contribution < 1.29 is 23.7 Å². The number of epoxide rings is 3. The molecule has 0 bridgehead atoms. The van der Waals surface area contributed by atoms with Crippen LogP contribution in [-0.4, -0.2) is 57.6 Å². The molecule has 4 atom stereocenters. The molecule has 3 heterocycles. The maximum absolute atomic E-state index is 5.51. The molecule has 3 aliphatic heterocycles. The van der Waals surface area contributed by atoms with Gasteiger partial charge in [0, 0.05) is 6.61 Å². The fourth-order valence-corrected chi connectivity index (χ4v) is 1.77. The number of unbranched alkanes of at least 4 members (excludes halogenated alkanes) is 1. The molecule has 3 aliphatic rings. The van der Waals surface area contributed by atoms with E-state index in [1.165, 1.54) is 0 Å². The van der Waals surface area contributed by atoms with E-state index in [2.05, 4.69) is 0 Å². The van der Waals surface area contributed by atoms with E-state index in [1.807, 2.05) is 0 Å². The zero-order chi connectivity index (χ0) is 11.5. The molecule has 17 heavy (non-hydrogen) atoms. The van der Waals surface area contributed by atoms with E-state index >= 15 is 0 Å². The minimum atomic E-state index is 0.0278. The molecule has 0 aromatic carbocycles. The van der Waals surface area contributed by atoms with Crippen molar-refractivity contribution in [2.45, 2.75) is 43.9 Å². The Morgan fingerprint density at radius 2 is 1.76 bits per heavy atom. The minimum absolute atomic E-state index is 0.0278. The number of ether oxygens (including phenoxy) is 5. The Hall–Kier alpha value is -0.200. The SMILES string of the molecule is C(CCC1OC1OCC1CO1)COCC1CO1. The second-order valence-corrected chi connectivity index (χ2v) is 4.86. The lowest BCUT2D eigenvalue weighted by Gasteiger charge is -2.01. The fourth-order valence-electron chi connectivity index (χ4n) is 1.77. The third-order valence-electron chi connectivity index (χ3n) is 3.12. The zero-order valence-corrected chi connectivity index (χ0v) is 10.0. The van der Waals surface area contributed by atoms with Crippen LogP contribution < -0.4 is 0 Å². The summed E-state index contributed by atoms with van der Waals surface area (Å²) in [6.07, 6.45) is 4.34. The highest BCUT2D eigenvalue weighted by molar-refractivity contribution is 4.78. The summed E-state index contributed by atoms with van der Waals surface area (Å²) in [5.41, 5.74) is 0. The molecular weight excluding hydrogens is 224 g/mol. The highest BCUT2D eigenvalue weighted by atomic mass is 16.8. The van der Waals surface area contributed by atoms with Crippen LogP contribution in [-0.2, 0) is 23.7 Å². The highest BCUT2D eigenvalue weighted by Crippen LogP contribution is 2.29. The van der Waals surface area contributed by atoms with E-state index in [-0.39, 0.29) is 6.29 Å². The van der Waals surface area contributed by atoms with Gasteiger partial charge in [-0.15, -0.1) is 0 Å². The van der Waals surface area contributed by atoms with Gasteiger partial charge in [-0.3, -0.25) is 0 Å². The van der Waals surface area contributed by atoms with E-state index in [0.29, 0.717) is 24.9 Å². The summed E-state index contributed by atoms with van der Waals surface area (Å²) in [6.45, 7) is 3.99. The molecule has 0 saturated carbocycles. The second-order valence-electron chi connectivity index (χ2n) is 4.86. The lowest BCUT2D eigenvalue weighted by Crippen LogP contribution is -2.07. The van der Waals surface area contributed by atoms with Crippen LogP contribution in [0.3, 0.4) is 0 Å². The molecule has 5 nitrogen and oxygen atoms in total. The van der Waals surface area contributed by atoms with Crippen LogP contribution in [0.15, 0.2) is 0 Å². The average Bonchev–Trinajstić information content (AvgIpc) is 3.19. The number of rotatable bonds is 10. The molecule has 0 spiro atoms. The molecule has 4 unspecified atom stereocenters. The summed E-state index contributed by atoms with van der Waals surface area (Å²) in [6, 6.07) is 0. The minimum Gasteiger partial charge on any atom is -0.379 e. The lowest BCUT2D eigenvalue weighted by atomic mass is 10.2. The largest absolute Gasteiger partial charge is 0.379 e. The van der Waals surface area contributed by atoms with Crippen molar-refractivity contribution >= 4 is 0 Å². The first-order valence-electron chi connectivity index (χ1n) is 6.50. The smallest absolute Gasteiger partial charge is 0.184 e. The molecule has 3 saturated heterocycles. The zero-order valence-electron chi connectivity index (χ0n) is 10.0. The van der Waals surface area contributed by atoms with Crippen molar-refractivity contribution in [3.05, 3.63) is 0 Å². The summed E-state index contributed by atoms with van der Waals surface area (Å²) in [4.78, 5) is 0. The molecule has 98 valence electrons. The van der Waals surface area contributed by atoms with E-state index in [9.17, 15) is 0 Å². The molecule has 0 aliphatic carbocycles. The molecule has 0 aromatic heterocycles. The molecule has 0 aromatic rings. The van der Waals surface area contributed by atoms with Crippen LogP contribution in [0.1, 0.15) is 19.3 Å². The van der Waals surface area contributed by atoms with Crippen molar-refractivity contribution in [3.63, 3.8) is 0 Å². The Bertz CT molecular complexity index is 239. The van der Waals surface area contributed by atoms with E-state index < -0.39 is 0 Å². The van der Waals surface area contributed by atoms with Crippen LogP contribution in [0, 0.1) is 0 Å². The molecule has 3 fully saturated rings. The Kier molecular flexibility index (Phi) is 3.93. The van der Waals surface area contributed by atoms with Gasteiger partial charge in [-0.25, -0.2) is 0 Å². The van der Waals surface area contributed by atoms with E-state index in [1.54, 1.807) is 0 Å². The molecular formula is C12H20O5. The Morgan fingerprint density at radius 1 is 1.00 bits per heavy atom. The van der Waals surface area contributed by atoms with Crippen molar-refractivity contribution in [2.75, 3.05) is 33.0 Å². The Labute approximate surface area is 101 Å². The van der Waals surface area contributed by atoms with Gasteiger partial charge in [0.2, 0.25) is 0 Å². The van der Waals surface area contributed by atoms with Gasteiger partial charge in [0.25, 0.3) is 0 Å². The van der Waals surface area contributed by atoms with Crippen molar-refractivity contribution in [1.82, 2.24) is 0 Å². The van der Waals surface area contributed by atoms with Gasteiger partial charge in [0.05, 0.1) is 26.4 Å². The first-order valence-corrected chi connectivity index (χ1v) is 6.50. The third kappa shape index (κ3) is 4.52. The highest BCUT2D eigenvalue weighted by Gasteiger charge is 2.40. The van der Waals surface area contributed by atoms with Crippen molar-refractivity contribution in [2.24, 2.45) is 0 Å². The van der Waals surface area contributed by atoms with Gasteiger partial charge >= 0.3 is 0 Å². The number of hydrogen-bond acceptors (Lipinski definition) is 5. The summed E-state index contributed by atoms with van der Waals surface area (Å²) in [7, 11) is 0. The van der Waals surface area contributed by atoms with Crippen LogP contribution >= 0.6 is 0 Å². The molecule has 0 amide bonds. The average molecular weight is 244 g/mol. The maximum atomic E-state index is 5.51. The van der Waals surface area contributed by atoms with Crippen molar-refractivity contribution in [3.8, 4) is 0 Å². The first-order chi connectivity index (χ1) is 8.42. The molecule has 0 N–H and O–H groups in total. The normalized spacial score (nSPS) is 38.1. The molecule has 0 radical (unpaired) electrons. The van der Waals surface area contributed by atoms with Crippen LogP contribution in [0.4, 0.5) is 0 Å². The first kappa shape index (κ1) is 11.9. The Morgan fingerprint density at radius 3 is 2.53 bits per heavy atom. The van der Waals surface area contributed by atoms with E-state index in [0.717, 1.165) is 45.7 Å². The van der Waals surface area contributed by atoms with Crippen molar-refractivity contribution in [1.29, 1.82) is 0 Å². The Balaban J connectivity index is 1.10. The van der Waals surface area contributed by atoms with Gasteiger partial charge in [-0.2, -0.15) is 0 Å². The van der Waals surface area contributed by atoms with Gasteiger partial charge < -0.3 is 23.7 Å². The standard InChI is InChI=1S/C12H20O5/c1(2-4-13-5-9-6-14-9)3-11-12(17-11)16-8-10-7-15-10/h9-12H,1-8H2. The van der Waals surface area contributed by atoms with Gasteiger partial charge in [0.1, 0.15) is 18.3 Å². The monoisotopic (exact) mass is 244 g/mol. The molecule has 5 heteroatoms. The molecule has 3 rings (SSSR count). The lowest BCUT2D eigenvalue weighted by molar-refractivity contribution is 0.0405. The van der Waals surface area contributed by atoms with Gasteiger partial charge in [0.15, 0.2) is 6.29 Å².